The minimum Gasteiger partial charge on any atom is -0.294 e. The summed E-state index contributed by atoms with van der Waals surface area (Å²) in [5.74, 6) is 1.55. The topological polar surface area (TPSA) is 18.5 Å². The van der Waals surface area contributed by atoms with Crippen molar-refractivity contribution in [3.05, 3.63) is 48.2 Å². The molecule has 0 fully saturated rings. The Morgan fingerprint density at radius 3 is 2.92 bits per heavy atom. The van der Waals surface area contributed by atoms with E-state index >= 15 is 0 Å². The van der Waals surface area contributed by atoms with Crippen molar-refractivity contribution in [3.63, 3.8) is 0 Å². The first-order chi connectivity index (χ1) is 6.40. The van der Waals surface area contributed by atoms with Gasteiger partial charge >= 0.3 is 0 Å². The summed E-state index contributed by atoms with van der Waals surface area (Å²) in [7, 11) is 0. The monoisotopic (exact) mass is 174 g/mol. The molecule has 0 atom stereocenters. The fraction of sp³-hybridized carbons (Fsp3) is 0.0909. The summed E-state index contributed by atoms with van der Waals surface area (Å²) >= 11 is 0. The molecule has 0 saturated carbocycles. The van der Waals surface area contributed by atoms with Gasteiger partial charge in [0.1, 0.15) is 0 Å². The Morgan fingerprint density at radius 1 is 1.23 bits per heavy atom. The second-order valence-electron chi connectivity index (χ2n) is 2.81. The molecule has 0 spiro atoms. The smallest absolute Gasteiger partial charge is 0.185 e. The van der Waals surface area contributed by atoms with Gasteiger partial charge in [-0.2, -0.15) is 0 Å². The van der Waals surface area contributed by atoms with Crippen molar-refractivity contribution in [1.29, 1.82) is 0 Å². The van der Waals surface area contributed by atoms with Gasteiger partial charge in [0.15, 0.2) is 11.5 Å². The minimum atomic E-state index is 0.689. The summed E-state index contributed by atoms with van der Waals surface area (Å²) in [6.45, 7) is 3.63. The molecular weight excluding hydrogens is 164 g/mol. The lowest BCUT2D eigenvalue weighted by atomic mass is 10.1. The van der Waals surface area contributed by atoms with E-state index in [4.69, 9.17) is 9.78 Å². The minimum absolute atomic E-state index is 0.689. The Labute approximate surface area is 77.0 Å². The van der Waals surface area contributed by atoms with E-state index < -0.39 is 0 Å². The van der Waals surface area contributed by atoms with Gasteiger partial charge in [-0.05, 0) is 12.1 Å². The SMILES string of the molecule is C=CCC1=Cc2ccccc2OO1. The number of allylic oxidation sites excluding steroid dienone is 1. The van der Waals surface area contributed by atoms with Crippen LogP contribution in [-0.4, -0.2) is 0 Å². The van der Waals surface area contributed by atoms with E-state index in [-0.39, 0.29) is 0 Å². The van der Waals surface area contributed by atoms with E-state index in [9.17, 15) is 0 Å². The first kappa shape index (κ1) is 7.92. The van der Waals surface area contributed by atoms with Crippen molar-refractivity contribution in [2.75, 3.05) is 0 Å². The maximum atomic E-state index is 5.07. The van der Waals surface area contributed by atoms with Gasteiger partial charge in [0.2, 0.25) is 0 Å². The van der Waals surface area contributed by atoms with Crippen LogP contribution < -0.4 is 4.89 Å². The lowest BCUT2D eigenvalue weighted by molar-refractivity contribution is -0.169. The lowest BCUT2D eigenvalue weighted by Gasteiger charge is -2.14. The van der Waals surface area contributed by atoms with E-state index in [0.717, 1.165) is 17.1 Å². The van der Waals surface area contributed by atoms with Gasteiger partial charge in [0, 0.05) is 12.0 Å². The predicted octanol–water partition coefficient (Wildman–Crippen LogP) is 2.93. The molecule has 0 unspecified atom stereocenters. The molecule has 13 heavy (non-hydrogen) atoms. The third-order valence-corrected chi connectivity index (χ3v) is 1.82. The van der Waals surface area contributed by atoms with Crippen LogP contribution in [0.1, 0.15) is 12.0 Å². The van der Waals surface area contributed by atoms with Gasteiger partial charge in [-0.15, -0.1) is 6.58 Å². The number of rotatable bonds is 2. The molecule has 66 valence electrons. The molecule has 1 aliphatic heterocycles. The summed E-state index contributed by atoms with van der Waals surface area (Å²) in [4.78, 5) is 10.1. The van der Waals surface area contributed by atoms with Crippen LogP contribution in [0.4, 0.5) is 0 Å². The normalized spacial score (nSPS) is 13.4. The van der Waals surface area contributed by atoms with Gasteiger partial charge in [-0.25, -0.2) is 0 Å². The average Bonchev–Trinajstić information content (AvgIpc) is 2.18. The summed E-state index contributed by atoms with van der Waals surface area (Å²) in [6, 6.07) is 7.74. The average molecular weight is 174 g/mol. The standard InChI is InChI=1S/C11H10O2/c1-2-5-10-8-9-6-3-4-7-11(9)13-12-10/h2-4,6-8H,1,5H2. The van der Waals surface area contributed by atoms with Crippen LogP contribution in [0.2, 0.25) is 0 Å². The number of hydrogen-bond donors (Lipinski definition) is 0. The molecule has 0 N–H and O–H groups in total. The number of benzene rings is 1. The molecule has 0 aromatic heterocycles. The number of fused-ring (bicyclic) bond motifs is 1. The highest BCUT2D eigenvalue weighted by molar-refractivity contribution is 5.59. The molecule has 1 aromatic rings. The Bertz CT molecular complexity index is 353. The number of hydrogen-bond acceptors (Lipinski definition) is 2. The van der Waals surface area contributed by atoms with Gasteiger partial charge in [0.05, 0.1) is 0 Å². The van der Waals surface area contributed by atoms with Crippen LogP contribution in [0.5, 0.6) is 5.75 Å². The van der Waals surface area contributed by atoms with Gasteiger partial charge in [-0.1, -0.05) is 24.3 Å². The molecular formula is C11H10O2. The first-order valence-electron chi connectivity index (χ1n) is 4.15. The maximum Gasteiger partial charge on any atom is 0.185 e. The molecule has 0 radical (unpaired) electrons. The molecule has 2 rings (SSSR count). The quantitative estimate of drug-likeness (QED) is 0.507. The zero-order valence-electron chi connectivity index (χ0n) is 7.19. The highest BCUT2D eigenvalue weighted by atomic mass is 17.2. The summed E-state index contributed by atoms with van der Waals surface area (Å²) in [6.07, 6.45) is 4.43. The van der Waals surface area contributed by atoms with Gasteiger partial charge in [0.25, 0.3) is 0 Å². The Hall–Kier alpha value is -1.70. The van der Waals surface area contributed by atoms with E-state index in [2.05, 4.69) is 6.58 Å². The summed E-state index contributed by atoms with van der Waals surface area (Å²) in [5.41, 5.74) is 1.05. The Kier molecular flexibility index (Phi) is 2.04. The second-order valence-corrected chi connectivity index (χ2v) is 2.81. The second kappa shape index (κ2) is 3.35. The van der Waals surface area contributed by atoms with Crippen molar-refractivity contribution in [2.45, 2.75) is 6.42 Å². The summed E-state index contributed by atoms with van der Waals surface area (Å²) < 4.78 is 0. The summed E-state index contributed by atoms with van der Waals surface area (Å²) in [5, 5.41) is 0. The fourth-order valence-corrected chi connectivity index (χ4v) is 1.21. The van der Waals surface area contributed by atoms with Crippen molar-refractivity contribution in [2.24, 2.45) is 0 Å². The van der Waals surface area contributed by atoms with E-state index in [1.54, 1.807) is 6.08 Å². The first-order valence-corrected chi connectivity index (χ1v) is 4.15. The largest absolute Gasteiger partial charge is 0.294 e. The zero-order valence-corrected chi connectivity index (χ0v) is 7.19. The van der Waals surface area contributed by atoms with Gasteiger partial charge < -0.3 is 0 Å². The van der Waals surface area contributed by atoms with Crippen LogP contribution in [0.25, 0.3) is 6.08 Å². The number of para-hydroxylation sites is 1. The zero-order chi connectivity index (χ0) is 9.10. The van der Waals surface area contributed by atoms with Crippen LogP contribution in [0.15, 0.2) is 42.7 Å². The van der Waals surface area contributed by atoms with Gasteiger partial charge in [-0.3, -0.25) is 9.78 Å². The highest BCUT2D eigenvalue weighted by Gasteiger charge is 2.10. The van der Waals surface area contributed by atoms with Crippen molar-refractivity contribution < 1.29 is 9.78 Å². The molecule has 0 amide bonds. The molecule has 1 aromatic carbocycles. The van der Waals surface area contributed by atoms with Crippen LogP contribution in [0, 0.1) is 0 Å². The maximum absolute atomic E-state index is 5.07. The van der Waals surface area contributed by atoms with Crippen LogP contribution in [-0.2, 0) is 4.89 Å². The molecule has 1 aliphatic rings. The van der Waals surface area contributed by atoms with E-state index in [0.29, 0.717) is 6.42 Å². The predicted molar refractivity (Wildman–Crippen MR) is 50.9 cm³/mol. The fourth-order valence-electron chi connectivity index (χ4n) is 1.21. The molecule has 2 nitrogen and oxygen atoms in total. The van der Waals surface area contributed by atoms with Crippen molar-refractivity contribution >= 4 is 6.08 Å². The Morgan fingerprint density at radius 2 is 2.08 bits per heavy atom. The van der Waals surface area contributed by atoms with Crippen LogP contribution >= 0.6 is 0 Å². The van der Waals surface area contributed by atoms with E-state index in [1.165, 1.54) is 0 Å². The molecule has 0 saturated heterocycles. The molecule has 0 bridgehead atoms. The third kappa shape index (κ3) is 1.56. The highest BCUT2D eigenvalue weighted by Crippen LogP contribution is 2.27. The molecule has 2 heteroatoms. The third-order valence-electron chi connectivity index (χ3n) is 1.82. The van der Waals surface area contributed by atoms with Crippen molar-refractivity contribution in [1.82, 2.24) is 0 Å². The van der Waals surface area contributed by atoms with Crippen LogP contribution in [0.3, 0.4) is 0 Å². The lowest BCUT2D eigenvalue weighted by Crippen LogP contribution is -2.03. The van der Waals surface area contributed by atoms with E-state index in [1.807, 2.05) is 30.3 Å². The van der Waals surface area contributed by atoms with Crippen molar-refractivity contribution in [3.8, 4) is 5.75 Å². The molecule has 0 aliphatic carbocycles. The Balaban J connectivity index is 2.32. The molecule has 1 heterocycles.